The van der Waals surface area contributed by atoms with Gasteiger partial charge in [-0.15, -0.1) is 11.8 Å². The van der Waals surface area contributed by atoms with E-state index in [1.165, 1.54) is 17.8 Å². The number of nitrogens with one attached hydrogen (secondary N) is 1. The van der Waals surface area contributed by atoms with Gasteiger partial charge < -0.3 is 10.2 Å². The first-order valence-corrected chi connectivity index (χ1v) is 12.0. The van der Waals surface area contributed by atoms with Crippen molar-refractivity contribution in [2.75, 3.05) is 12.3 Å². The number of halogens is 2. The predicted molar refractivity (Wildman–Crippen MR) is 126 cm³/mol. The Morgan fingerprint density at radius 3 is 2.42 bits per heavy atom. The molecule has 31 heavy (non-hydrogen) atoms. The molecular formula is C24H30ClFN2O2S. The van der Waals surface area contributed by atoms with E-state index in [0.29, 0.717) is 41.8 Å². The van der Waals surface area contributed by atoms with Crippen LogP contribution in [0.15, 0.2) is 48.5 Å². The number of benzene rings is 2. The molecule has 2 rings (SSSR count). The summed E-state index contributed by atoms with van der Waals surface area (Å²) in [6.45, 7) is 6.81. The molecule has 4 nitrogen and oxygen atoms in total. The zero-order chi connectivity index (χ0) is 22.8. The first kappa shape index (κ1) is 25.2. The van der Waals surface area contributed by atoms with Crippen molar-refractivity contribution in [2.45, 2.75) is 45.5 Å². The normalized spacial score (nSPS) is 11.9. The summed E-state index contributed by atoms with van der Waals surface area (Å²) in [5, 5.41) is 3.56. The number of hydrogen-bond acceptors (Lipinski definition) is 3. The molecule has 0 radical (unpaired) electrons. The molecule has 0 fully saturated rings. The van der Waals surface area contributed by atoms with Gasteiger partial charge in [-0.25, -0.2) is 4.39 Å². The van der Waals surface area contributed by atoms with Crippen LogP contribution < -0.4 is 5.32 Å². The van der Waals surface area contributed by atoms with Gasteiger partial charge >= 0.3 is 0 Å². The summed E-state index contributed by atoms with van der Waals surface area (Å²) < 4.78 is 13.9. The Hall–Kier alpha value is -2.05. The molecule has 0 saturated heterocycles. The summed E-state index contributed by atoms with van der Waals surface area (Å²) in [5.41, 5.74) is 1.46. The zero-order valence-electron chi connectivity index (χ0n) is 18.2. The van der Waals surface area contributed by atoms with Crippen molar-refractivity contribution in [1.29, 1.82) is 0 Å². The molecule has 7 heteroatoms. The van der Waals surface area contributed by atoms with Crippen molar-refractivity contribution in [2.24, 2.45) is 5.92 Å². The number of nitrogens with zero attached hydrogens (tertiary/aromatic N) is 1. The maximum absolute atomic E-state index is 13.9. The monoisotopic (exact) mass is 464 g/mol. The molecule has 2 amide bonds. The molecular weight excluding hydrogens is 435 g/mol. The second-order valence-corrected chi connectivity index (χ2v) is 9.22. The van der Waals surface area contributed by atoms with Crippen molar-refractivity contribution in [3.8, 4) is 0 Å². The molecule has 0 unspecified atom stereocenters. The van der Waals surface area contributed by atoms with Crippen molar-refractivity contribution in [3.05, 3.63) is 70.5 Å². The minimum absolute atomic E-state index is 0.150. The standard InChI is InChI=1S/C24H30ClFN2O2S/c1-4-22(24(30)27-13-17(2)3)28(14-18-9-11-20(25)12-10-18)23(29)16-31-15-19-7-5-6-8-21(19)26/h5-12,17,22H,4,13-16H2,1-3H3,(H,27,30)/t22-/m0/s1. The molecule has 2 aromatic carbocycles. The van der Waals surface area contributed by atoms with Crippen LogP contribution in [0.1, 0.15) is 38.3 Å². The summed E-state index contributed by atoms with van der Waals surface area (Å²) >= 11 is 7.33. The summed E-state index contributed by atoms with van der Waals surface area (Å²) in [5.74, 6) is 0.290. The van der Waals surface area contributed by atoms with Crippen LogP contribution >= 0.6 is 23.4 Å². The number of thioether (sulfide) groups is 1. The maximum atomic E-state index is 13.9. The average molecular weight is 465 g/mol. The van der Waals surface area contributed by atoms with Crippen molar-refractivity contribution in [1.82, 2.24) is 10.2 Å². The summed E-state index contributed by atoms with van der Waals surface area (Å²) in [7, 11) is 0. The lowest BCUT2D eigenvalue weighted by Crippen LogP contribution is -2.50. The van der Waals surface area contributed by atoms with Gasteiger partial charge in [0.05, 0.1) is 5.75 Å². The number of carbonyl (C=O) groups is 2. The highest BCUT2D eigenvalue weighted by molar-refractivity contribution is 7.99. The third-order valence-corrected chi connectivity index (χ3v) is 6.00. The Labute approximate surface area is 193 Å². The van der Waals surface area contributed by atoms with E-state index in [4.69, 9.17) is 11.6 Å². The van der Waals surface area contributed by atoms with E-state index in [1.807, 2.05) is 32.9 Å². The van der Waals surface area contributed by atoms with E-state index in [-0.39, 0.29) is 23.4 Å². The number of hydrogen-bond donors (Lipinski definition) is 1. The third-order valence-electron chi connectivity index (χ3n) is 4.78. The topological polar surface area (TPSA) is 49.4 Å². The van der Waals surface area contributed by atoms with E-state index in [9.17, 15) is 14.0 Å². The SMILES string of the molecule is CC[C@@H](C(=O)NCC(C)C)N(Cc1ccc(Cl)cc1)C(=O)CSCc1ccccc1F. The van der Waals surface area contributed by atoms with Gasteiger partial charge in [0.15, 0.2) is 0 Å². The fraction of sp³-hybridized carbons (Fsp3) is 0.417. The summed E-state index contributed by atoms with van der Waals surface area (Å²) in [6, 6.07) is 13.2. The van der Waals surface area contributed by atoms with Crippen LogP contribution in [0.4, 0.5) is 4.39 Å². The Morgan fingerprint density at radius 1 is 1.13 bits per heavy atom. The van der Waals surface area contributed by atoms with Crippen LogP contribution in [0, 0.1) is 11.7 Å². The van der Waals surface area contributed by atoms with Gasteiger partial charge in [-0.1, -0.05) is 62.7 Å². The predicted octanol–water partition coefficient (Wildman–Crippen LogP) is 5.29. The smallest absolute Gasteiger partial charge is 0.242 e. The summed E-state index contributed by atoms with van der Waals surface area (Å²) in [6.07, 6.45) is 0.501. The van der Waals surface area contributed by atoms with Crippen LogP contribution in [-0.4, -0.2) is 35.1 Å². The molecule has 1 atom stereocenters. The van der Waals surface area contributed by atoms with Crippen molar-refractivity contribution >= 4 is 35.2 Å². The molecule has 0 aromatic heterocycles. The quantitative estimate of drug-likeness (QED) is 0.491. The van der Waals surface area contributed by atoms with Crippen LogP contribution in [0.5, 0.6) is 0 Å². The Kier molecular flexibility index (Phi) is 10.3. The van der Waals surface area contributed by atoms with E-state index < -0.39 is 6.04 Å². The molecule has 1 N–H and O–H groups in total. The fourth-order valence-corrected chi connectivity index (χ4v) is 4.10. The van der Waals surface area contributed by atoms with Crippen LogP contribution in [-0.2, 0) is 21.9 Å². The van der Waals surface area contributed by atoms with Crippen LogP contribution in [0.2, 0.25) is 5.02 Å². The van der Waals surface area contributed by atoms with E-state index in [2.05, 4.69) is 5.32 Å². The van der Waals surface area contributed by atoms with Crippen molar-refractivity contribution in [3.63, 3.8) is 0 Å². The fourth-order valence-electron chi connectivity index (χ4n) is 3.08. The second kappa shape index (κ2) is 12.7. The highest BCUT2D eigenvalue weighted by atomic mass is 35.5. The molecule has 168 valence electrons. The molecule has 0 bridgehead atoms. The van der Waals surface area contributed by atoms with Gasteiger partial charge in [-0.3, -0.25) is 9.59 Å². The number of rotatable bonds is 11. The highest BCUT2D eigenvalue weighted by Gasteiger charge is 2.28. The van der Waals surface area contributed by atoms with E-state index >= 15 is 0 Å². The minimum Gasteiger partial charge on any atom is -0.354 e. The summed E-state index contributed by atoms with van der Waals surface area (Å²) in [4.78, 5) is 27.6. The van der Waals surface area contributed by atoms with Crippen LogP contribution in [0.3, 0.4) is 0 Å². The molecule has 0 aliphatic rings. The largest absolute Gasteiger partial charge is 0.354 e. The Balaban J connectivity index is 2.12. The van der Waals surface area contributed by atoms with Gasteiger partial charge in [0.25, 0.3) is 0 Å². The van der Waals surface area contributed by atoms with E-state index in [1.54, 1.807) is 35.2 Å². The molecule has 0 aliphatic carbocycles. The van der Waals surface area contributed by atoms with Gasteiger partial charge in [0.1, 0.15) is 11.9 Å². The van der Waals surface area contributed by atoms with Crippen LogP contribution in [0.25, 0.3) is 0 Å². The molecule has 0 spiro atoms. The first-order chi connectivity index (χ1) is 14.8. The van der Waals surface area contributed by atoms with Gasteiger partial charge in [-0.2, -0.15) is 0 Å². The lowest BCUT2D eigenvalue weighted by molar-refractivity contribution is -0.139. The van der Waals surface area contributed by atoms with Crippen molar-refractivity contribution < 1.29 is 14.0 Å². The van der Waals surface area contributed by atoms with Gasteiger partial charge in [-0.05, 0) is 41.7 Å². The molecule has 2 aromatic rings. The second-order valence-electron chi connectivity index (χ2n) is 7.80. The number of amides is 2. The van der Waals surface area contributed by atoms with Gasteiger partial charge in [0, 0.05) is 23.9 Å². The maximum Gasteiger partial charge on any atom is 0.242 e. The zero-order valence-corrected chi connectivity index (χ0v) is 19.8. The Morgan fingerprint density at radius 2 is 1.81 bits per heavy atom. The highest BCUT2D eigenvalue weighted by Crippen LogP contribution is 2.19. The first-order valence-electron chi connectivity index (χ1n) is 10.4. The van der Waals surface area contributed by atoms with Gasteiger partial charge in [0.2, 0.25) is 11.8 Å². The minimum atomic E-state index is -0.573. The Bertz CT molecular complexity index is 861. The van der Waals surface area contributed by atoms with E-state index in [0.717, 1.165) is 5.56 Å². The number of carbonyl (C=O) groups excluding carboxylic acids is 2. The lowest BCUT2D eigenvalue weighted by atomic mass is 10.1. The molecule has 0 aliphatic heterocycles. The third kappa shape index (κ3) is 8.19. The molecule has 0 heterocycles. The lowest BCUT2D eigenvalue weighted by Gasteiger charge is -2.31. The molecule has 0 saturated carbocycles. The average Bonchev–Trinajstić information content (AvgIpc) is 2.74.